The van der Waals surface area contributed by atoms with E-state index in [1.165, 1.54) is 11.1 Å². The molecule has 2 N–H and O–H groups in total. The van der Waals surface area contributed by atoms with Crippen molar-refractivity contribution in [2.75, 3.05) is 13.2 Å². The Kier molecular flexibility index (Phi) is 4.00. The predicted octanol–water partition coefficient (Wildman–Crippen LogP) is 2.44. The molecule has 0 aromatic heterocycles. The van der Waals surface area contributed by atoms with Crippen LogP contribution in [0, 0.1) is 0 Å². The van der Waals surface area contributed by atoms with Gasteiger partial charge in [0.05, 0.1) is 13.2 Å². The van der Waals surface area contributed by atoms with Gasteiger partial charge in [-0.1, -0.05) is 42.5 Å². The SMILES string of the molecule is OCc1cccc(CNCC2COc3ccccc32)c1. The van der Waals surface area contributed by atoms with Crippen LogP contribution in [0.2, 0.25) is 0 Å². The highest BCUT2D eigenvalue weighted by Crippen LogP contribution is 2.32. The zero-order valence-corrected chi connectivity index (χ0v) is 11.4. The summed E-state index contributed by atoms with van der Waals surface area (Å²) in [5.41, 5.74) is 3.45. The van der Waals surface area contributed by atoms with Crippen molar-refractivity contribution in [1.29, 1.82) is 0 Å². The maximum absolute atomic E-state index is 9.13. The number of para-hydroxylation sites is 1. The molecule has 1 aliphatic heterocycles. The van der Waals surface area contributed by atoms with Gasteiger partial charge in [0.15, 0.2) is 0 Å². The van der Waals surface area contributed by atoms with Gasteiger partial charge in [0.2, 0.25) is 0 Å². The van der Waals surface area contributed by atoms with Crippen LogP contribution in [-0.2, 0) is 13.2 Å². The quantitative estimate of drug-likeness (QED) is 0.876. The number of hydrogen-bond donors (Lipinski definition) is 2. The molecule has 0 aliphatic carbocycles. The first-order chi connectivity index (χ1) is 9.86. The van der Waals surface area contributed by atoms with Crippen molar-refractivity contribution < 1.29 is 9.84 Å². The third-order valence-corrected chi connectivity index (χ3v) is 3.69. The zero-order valence-electron chi connectivity index (χ0n) is 11.4. The van der Waals surface area contributed by atoms with Gasteiger partial charge < -0.3 is 15.2 Å². The van der Waals surface area contributed by atoms with Crippen LogP contribution in [-0.4, -0.2) is 18.3 Å². The molecule has 0 bridgehead atoms. The lowest BCUT2D eigenvalue weighted by molar-refractivity contribution is 0.281. The normalized spacial score (nSPS) is 16.8. The fourth-order valence-corrected chi connectivity index (χ4v) is 2.63. The van der Waals surface area contributed by atoms with E-state index < -0.39 is 0 Å². The van der Waals surface area contributed by atoms with Crippen molar-refractivity contribution in [2.45, 2.75) is 19.1 Å². The Labute approximate surface area is 119 Å². The lowest BCUT2D eigenvalue weighted by Crippen LogP contribution is -2.22. The maximum atomic E-state index is 9.13. The average Bonchev–Trinajstić information content (AvgIpc) is 2.91. The minimum Gasteiger partial charge on any atom is -0.493 e. The van der Waals surface area contributed by atoms with Crippen molar-refractivity contribution >= 4 is 0 Å². The van der Waals surface area contributed by atoms with Gasteiger partial charge in [-0.25, -0.2) is 0 Å². The average molecular weight is 269 g/mol. The third-order valence-electron chi connectivity index (χ3n) is 3.69. The van der Waals surface area contributed by atoms with Crippen LogP contribution in [0.1, 0.15) is 22.6 Å². The molecule has 1 aliphatic rings. The Morgan fingerprint density at radius 3 is 2.85 bits per heavy atom. The van der Waals surface area contributed by atoms with Crippen LogP contribution in [0.3, 0.4) is 0 Å². The highest BCUT2D eigenvalue weighted by atomic mass is 16.5. The Balaban J connectivity index is 1.56. The van der Waals surface area contributed by atoms with E-state index in [-0.39, 0.29) is 6.61 Å². The number of benzene rings is 2. The van der Waals surface area contributed by atoms with Crippen LogP contribution in [0.4, 0.5) is 0 Å². The van der Waals surface area contributed by atoms with Crippen LogP contribution >= 0.6 is 0 Å². The molecule has 0 saturated carbocycles. The number of ether oxygens (including phenoxy) is 1. The molecule has 0 amide bonds. The summed E-state index contributed by atoms with van der Waals surface area (Å²) < 4.78 is 5.68. The van der Waals surface area contributed by atoms with E-state index >= 15 is 0 Å². The van der Waals surface area contributed by atoms with E-state index in [2.05, 4.69) is 23.5 Å². The number of aliphatic hydroxyl groups is 1. The van der Waals surface area contributed by atoms with Gasteiger partial charge in [-0.2, -0.15) is 0 Å². The molecule has 2 aromatic carbocycles. The van der Waals surface area contributed by atoms with Crippen molar-refractivity contribution in [2.24, 2.45) is 0 Å². The van der Waals surface area contributed by atoms with Crippen LogP contribution in [0.25, 0.3) is 0 Å². The molecule has 0 spiro atoms. The summed E-state index contributed by atoms with van der Waals surface area (Å²) in [6.07, 6.45) is 0. The molecule has 1 atom stereocenters. The summed E-state index contributed by atoms with van der Waals surface area (Å²) in [5, 5.41) is 12.6. The van der Waals surface area contributed by atoms with E-state index in [4.69, 9.17) is 9.84 Å². The first kappa shape index (κ1) is 13.2. The summed E-state index contributed by atoms with van der Waals surface area (Å²) in [6.45, 7) is 2.56. The van der Waals surface area contributed by atoms with Crippen molar-refractivity contribution in [3.63, 3.8) is 0 Å². The number of nitrogens with one attached hydrogen (secondary N) is 1. The summed E-state index contributed by atoms with van der Waals surface area (Å²) in [6, 6.07) is 16.3. The van der Waals surface area contributed by atoms with Gasteiger partial charge in [-0.3, -0.25) is 0 Å². The fraction of sp³-hybridized carbons (Fsp3) is 0.294. The molecule has 20 heavy (non-hydrogen) atoms. The zero-order chi connectivity index (χ0) is 13.8. The highest BCUT2D eigenvalue weighted by molar-refractivity contribution is 5.39. The monoisotopic (exact) mass is 269 g/mol. The molecule has 104 valence electrons. The van der Waals surface area contributed by atoms with E-state index in [1.54, 1.807) is 0 Å². The van der Waals surface area contributed by atoms with Crippen molar-refractivity contribution in [3.05, 3.63) is 65.2 Å². The van der Waals surface area contributed by atoms with E-state index in [9.17, 15) is 0 Å². The molecule has 1 heterocycles. The van der Waals surface area contributed by atoms with E-state index in [0.29, 0.717) is 5.92 Å². The maximum Gasteiger partial charge on any atom is 0.122 e. The molecule has 3 rings (SSSR count). The second-order valence-corrected chi connectivity index (χ2v) is 5.15. The Morgan fingerprint density at radius 1 is 1.10 bits per heavy atom. The molecule has 3 heteroatoms. The third kappa shape index (κ3) is 2.84. The standard InChI is InChI=1S/C17H19NO2/c19-11-14-5-3-4-13(8-14)9-18-10-15-12-20-17-7-2-1-6-16(15)17/h1-8,15,18-19H,9-12H2. The molecule has 2 aromatic rings. The Morgan fingerprint density at radius 2 is 1.95 bits per heavy atom. The number of hydrogen-bond acceptors (Lipinski definition) is 3. The largest absolute Gasteiger partial charge is 0.493 e. The Hall–Kier alpha value is -1.84. The predicted molar refractivity (Wildman–Crippen MR) is 78.7 cm³/mol. The molecule has 1 unspecified atom stereocenters. The van der Waals surface area contributed by atoms with Gasteiger partial charge in [0.1, 0.15) is 5.75 Å². The van der Waals surface area contributed by atoms with Gasteiger partial charge in [-0.15, -0.1) is 0 Å². The molecule has 0 radical (unpaired) electrons. The molecular weight excluding hydrogens is 250 g/mol. The first-order valence-electron chi connectivity index (χ1n) is 6.98. The topological polar surface area (TPSA) is 41.5 Å². The number of rotatable bonds is 5. The van der Waals surface area contributed by atoms with E-state index in [0.717, 1.165) is 31.0 Å². The summed E-state index contributed by atoms with van der Waals surface area (Å²) >= 11 is 0. The summed E-state index contributed by atoms with van der Waals surface area (Å²) in [7, 11) is 0. The highest BCUT2D eigenvalue weighted by Gasteiger charge is 2.22. The second kappa shape index (κ2) is 6.07. The van der Waals surface area contributed by atoms with Gasteiger partial charge >= 0.3 is 0 Å². The first-order valence-corrected chi connectivity index (χ1v) is 6.98. The van der Waals surface area contributed by atoms with Crippen LogP contribution in [0.15, 0.2) is 48.5 Å². The second-order valence-electron chi connectivity index (χ2n) is 5.15. The summed E-state index contributed by atoms with van der Waals surface area (Å²) in [4.78, 5) is 0. The molecular formula is C17H19NO2. The van der Waals surface area contributed by atoms with Crippen molar-refractivity contribution in [1.82, 2.24) is 5.32 Å². The minimum atomic E-state index is 0.0949. The summed E-state index contributed by atoms with van der Waals surface area (Å²) in [5.74, 6) is 1.44. The molecule has 3 nitrogen and oxygen atoms in total. The van der Waals surface area contributed by atoms with E-state index in [1.807, 2.05) is 30.3 Å². The van der Waals surface area contributed by atoms with Crippen LogP contribution < -0.4 is 10.1 Å². The van der Waals surface area contributed by atoms with Gasteiger partial charge in [0, 0.05) is 24.6 Å². The molecule has 0 saturated heterocycles. The fourth-order valence-electron chi connectivity index (χ4n) is 2.63. The smallest absolute Gasteiger partial charge is 0.122 e. The van der Waals surface area contributed by atoms with Gasteiger partial charge in [-0.05, 0) is 17.2 Å². The van der Waals surface area contributed by atoms with Crippen molar-refractivity contribution in [3.8, 4) is 5.75 Å². The minimum absolute atomic E-state index is 0.0949. The lowest BCUT2D eigenvalue weighted by atomic mass is 10.0. The molecule has 0 fully saturated rings. The van der Waals surface area contributed by atoms with Crippen LogP contribution in [0.5, 0.6) is 5.75 Å². The van der Waals surface area contributed by atoms with Gasteiger partial charge in [0.25, 0.3) is 0 Å². The Bertz CT molecular complexity index is 583. The number of fused-ring (bicyclic) bond motifs is 1. The number of aliphatic hydroxyl groups excluding tert-OH is 1. The lowest BCUT2D eigenvalue weighted by Gasteiger charge is -2.11.